The van der Waals surface area contributed by atoms with Crippen LogP contribution in [-0.4, -0.2) is 9.78 Å². The molecule has 0 spiro atoms. The molecule has 2 unspecified atom stereocenters. The van der Waals surface area contributed by atoms with E-state index in [-0.39, 0.29) is 0 Å². The number of anilines is 1. The van der Waals surface area contributed by atoms with Crippen LogP contribution in [0.5, 0.6) is 0 Å². The monoisotopic (exact) mass is 179 g/mol. The average molecular weight is 179 g/mol. The van der Waals surface area contributed by atoms with Gasteiger partial charge in [-0.1, -0.05) is 13.3 Å². The predicted molar refractivity (Wildman–Crippen MR) is 53.4 cm³/mol. The molecule has 1 saturated carbocycles. The minimum Gasteiger partial charge on any atom is -0.384 e. The SMILES string of the molecule is Cc1cnn(C2CCCC2C)c1N. The van der Waals surface area contributed by atoms with Crippen LogP contribution in [-0.2, 0) is 0 Å². The molecule has 1 aromatic heterocycles. The fraction of sp³-hybridized carbons (Fsp3) is 0.700. The average Bonchev–Trinajstić information content (AvgIpc) is 2.62. The number of aromatic nitrogens is 2. The van der Waals surface area contributed by atoms with Crippen molar-refractivity contribution >= 4 is 5.82 Å². The Balaban J connectivity index is 2.29. The number of nitrogen functional groups attached to an aromatic ring is 1. The highest BCUT2D eigenvalue weighted by Gasteiger charge is 2.26. The number of aryl methyl sites for hydroxylation is 1. The first kappa shape index (κ1) is 8.60. The Hall–Kier alpha value is -0.990. The quantitative estimate of drug-likeness (QED) is 0.717. The summed E-state index contributed by atoms with van der Waals surface area (Å²) in [6.45, 7) is 4.30. The number of nitrogens with two attached hydrogens (primary N) is 1. The van der Waals surface area contributed by atoms with E-state index in [2.05, 4.69) is 12.0 Å². The molecule has 2 rings (SSSR count). The van der Waals surface area contributed by atoms with Gasteiger partial charge in [-0.15, -0.1) is 0 Å². The van der Waals surface area contributed by atoms with E-state index in [0.717, 1.165) is 17.3 Å². The second kappa shape index (κ2) is 3.05. The van der Waals surface area contributed by atoms with E-state index >= 15 is 0 Å². The third-order valence-electron chi connectivity index (χ3n) is 3.16. The van der Waals surface area contributed by atoms with Gasteiger partial charge in [0.25, 0.3) is 0 Å². The van der Waals surface area contributed by atoms with Crippen molar-refractivity contribution in [1.82, 2.24) is 9.78 Å². The predicted octanol–water partition coefficient (Wildman–Crippen LogP) is 2.13. The first-order valence-corrected chi connectivity index (χ1v) is 4.99. The Kier molecular flexibility index (Phi) is 2.02. The minimum absolute atomic E-state index is 0.536. The molecule has 2 atom stereocenters. The lowest BCUT2D eigenvalue weighted by atomic mass is 10.1. The zero-order valence-electron chi connectivity index (χ0n) is 8.33. The minimum atomic E-state index is 0.536. The van der Waals surface area contributed by atoms with Gasteiger partial charge in [0.05, 0.1) is 12.2 Å². The van der Waals surface area contributed by atoms with Gasteiger partial charge < -0.3 is 5.73 Å². The molecule has 0 bridgehead atoms. The van der Waals surface area contributed by atoms with Gasteiger partial charge in [-0.05, 0) is 25.7 Å². The molecule has 1 heterocycles. The van der Waals surface area contributed by atoms with Crippen molar-refractivity contribution < 1.29 is 0 Å². The van der Waals surface area contributed by atoms with Crippen molar-refractivity contribution in [3.05, 3.63) is 11.8 Å². The summed E-state index contributed by atoms with van der Waals surface area (Å²) in [5.74, 6) is 1.57. The summed E-state index contributed by atoms with van der Waals surface area (Å²) >= 11 is 0. The topological polar surface area (TPSA) is 43.8 Å². The summed E-state index contributed by atoms with van der Waals surface area (Å²) in [5.41, 5.74) is 7.04. The Morgan fingerprint density at radius 1 is 1.54 bits per heavy atom. The molecule has 2 N–H and O–H groups in total. The fourth-order valence-corrected chi connectivity index (χ4v) is 2.21. The van der Waals surface area contributed by atoms with Gasteiger partial charge in [0.15, 0.2) is 0 Å². The molecule has 1 fully saturated rings. The number of hydrogen-bond donors (Lipinski definition) is 1. The zero-order chi connectivity index (χ0) is 9.42. The molecule has 0 amide bonds. The largest absolute Gasteiger partial charge is 0.384 e. The van der Waals surface area contributed by atoms with Crippen LogP contribution in [0.1, 0.15) is 37.8 Å². The summed E-state index contributed by atoms with van der Waals surface area (Å²) in [4.78, 5) is 0. The molecule has 0 aromatic carbocycles. The first-order valence-electron chi connectivity index (χ1n) is 4.99. The Morgan fingerprint density at radius 2 is 2.31 bits per heavy atom. The highest BCUT2D eigenvalue weighted by Crippen LogP contribution is 2.36. The molecular formula is C10H17N3. The number of hydrogen-bond acceptors (Lipinski definition) is 2. The summed E-state index contributed by atoms with van der Waals surface area (Å²) in [6.07, 6.45) is 5.71. The molecule has 13 heavy (non-hydrogen) atoms. The van der Waals surface area contributed by atoms with E-state index in [1.54, 1.807) is 0 Å². The van der Waals surface area contributed by atoms with Crippen molar-refractivity contribution in [3.63, 3.8) is 0 Å². The second-order valence-corrected chi connectivity index (χ2v) is 4.13. The van der Waals surface area contributed by atoms with E-state index in [0.29, 0.717) is 6.04 Å². The normalized spacial score (nSPS) is 28.2. The molecule has 0 saturated heterocycles. The summed E-state index contributed by atoms with van der Waals surface area (Å²) in [7, 11) is 0. The highest BCUT2D eigenvalue weighted by molar-refractivity contribution is 5.37. The highest BCUT2D eigenvalue weighted by atomic mass is 15.3. The second-order valence-electron chi connectivity index (χ2n) is 4.13. The van der Waals surface area contributed by atoms with Crippen molar-refractivity contribution in [2.24, 2.45) is 5.92 Å². The Morgan fingerprint density at radius 3 is 2.77 bits per heavy atom. The van der Waals surface area contributed by atoms with E-state index in [1.807, 2.05) is 17.8 Å². The van der Waals surface area contributed by atoms with E-state index in [4.69, 9.17) is 5.73 Å². The van der Waals surface area contributed by atoms with Gasteiger partial charge in [-0.25, -0.2) is 4.68 Å². The Labute approximate surface area is 78.9 Å². The van der Waals surface area contributed by atoms with Crippen LogP contribution in [0.25, 0.3) is 0 Å². The fourth-order valence-electron chi connectivity index (χ4n) is 2.21. The van der Waals surface area contributed by atoms with Crippen LogP contribution in [0.3, 0.4) is 0 Å². The number of nitrogens with zero attached hydrogens (tertiary/aromatic N) is 2. The molecule has 1 aromatic rings. The third-order valence-corrected chi connectivity index (χ3v) is 3.16. The molecule has 1 aliphatic carbocycles. The summed E-state index contributed by atoms with van der Waals surface area (Å²) < 4.78 is 2.01. The standard InChI is InChI=1S/C10H17N3/c1-7-4-3-5-9(7)13-10(11)8(2)6-12-13/h6-7,9H,3-5,11H2,1-2H3. The van der Waals surface area contributed by atoms with Crippen LogP contribution in [0, 0.1) is 12.8 Å². The van der Waals surface area contributed by atoms with Crippen LogP contribution in [0.4, 0.5) is 5.82 Å². The van der Waals surface area contributed by atoms with Gasteiger partial charge in [0, 0.05) is 5.56 Å². The van der Waals surface area contributed by atoms with Gasteiger partial charge in [0.1, 0.15) is 5.82 Å². The molecule has 1 aliphatic rings. The van der Waals surface area contributed by atoms with Crippen molar-refractivity contribution in [2.75, 3.05) is 5.73 Å². The lowest BCUT2D eigenvalue weighted by molar-refractivity contribution is 0.379. The maximum Gasteiger partial charge on any atom is 0.124 e. The Bertz CT molecular complexity index is 303. The lowest BCUT2D eigenvalue weighted by Gasteiger charge is -2.17. The maximum atomic E-state index is 5.95. The molecule has 3 nitrogen and oxygen atoms in total. The molecule has 3 heteroatoms. The van der Waals surface area contributed by atoms with Gasteiger partial charge >= 0.3 is 0 Å². The van der Waals surface area contributed by atoms with E-state index in [9.17, 15) is 0 Å². The maximum absolute atomic E-state index is 5.95. The van der Waals surface area contributed by atoms with Gasteiger partial charge in [-0.2, -0.15) is 5.10 Å². The van der Waals surface area contributed by atoms with Crippen LogP contribution < -0.4 is 5.73 Å². The molecule has 0 radical (unpaired) electrons. The van der Waals surface area contributed by atoms with Crippen LogP contribution >= 0.6 is 0 Å². The van der Waals surface area contributed by atoms with Crippen molar-refractivity contribution in [2.45, 2.75) is 39.2 Å². The molecule has 72 valence electrons. The lowest BCUT2D eigenvalue weighted by Crippen LogP contribution is -2.15. The zero-order valence-corrected chi connectivity index (χ0v) is 8.33. The van der Waals surface area contributed by atoms with E-state index < -0.39 is 0 Å². The number of rotatable bonds is 1. The van der Waals surface area contributed by atoms with Crippen LogP contribution in [0.15, 0.2) is 6.20 Å². The van der Waals surface area contributed by atoms with Crippen molar-refractivity contribution in [3.8, 4) is 0 Å². The molecule has 0 aliphatic heterocycles. The van der Waals surface area contributed by atoms with Crippen molar-refractivity contribution in [1.29, 1.82) is 0 Å². The molecular weight excluding hydrogens is 162 g/mol. The summed E-state index contributed by atoms with van der Waals surface area (Å²) in [6, 6.07) is 0.536. The first-order chi connectivity index (χ1) is 6.20. The van der Waals surface area contributed by atoms with E-state index in [1.165, 1.54) is 19.3 Å². The smallest absolute Gasteiger partial charge is 0.124 e. The van der Waals surface area contributed by atoms with Gasteiger partial charge in [0.2, 0.25) is 0 Å². The van der Waals surface area contributed by atoms with Gasteiger partial charge in [-0.3, -0.25) is 0 Å². The summed E-state index contributed by atoms with van der Waals surface area (Å²) in [5, 5.41) is 4.34. The third kappa shape index (κ3) is 1.32. The van der Waals surface area contributed by atoms with Crippen LogP contribution in [0.2, 0.25) is 0 Å².